The second kappa shape index (κ2) is 43.4. The Kier molecular flexibility index (Phi) is 43.4. The third-order valence-corrected chi connectivity index (χ3v) is 11.5. The Labute approximate surface area is 313 Å². The van der Waals surface area contributed by atoms with Gasteiger partial charge in [0.25, 0.3) is 0 Å². The maximum atomic E-state index is 13.5. The summed E-state index contributed by atoms with van der Waals surface area (Å²) in [6.45, 7) is 10.7. The molecule has 0 atom stereocenters. The van der Waals surface area contributed by atoms with E-state index in [1.807, 2.05) is 0 Å². The first-order chi connectivity index (χ1) is 24.7. The second-order valence-electron chi connectivity index (χ2n) is 15.0. The van der Waals surface area contributed by atoms with E-state index in [-0.39, 0.29) is 0 Å². The predicted molar refractivity (Wildman–Crippen MR) is 221 cm³/mol. The molecule has 302 valence electrons. The fraction of sp³-hybridized carbons (Fsp3) is 1.00. The SMILES string of the molecule is CCCCCCCCCCCCCCCCCOP(=O)(NCCCNCCNCCCN)OCCCCCCCCCCCCCCCCC. The van der Waals surface area contributed by atoms with E-state index < -0.39 is 7.75 Å². The van der Waals surface area contributed by atoms with Gasteiger partial charge in [-0.05, 0) is 45.3 Å². The van der Waals surface area contributed by atoms with Crippen molar-refractivity contribution in [2.24, 2.45) is 5.73 Å². The zero-order valence-electron chi connectivity index (χ0n) is 34.0. The zero-order valence-corrected chi connectivity index (χ0v) is 34.9. The molecule has 0 saturated carbocycles. The minimum atomic E-state index is -3.27. The molecule has 0 aromatic heterocycles. The summed E-state index contributed by atoms with van der Waals surface area (Å²) < 4.78 is 25.4. The lowest BCUT2D eigenvalue weighted by Crippen LogP contribution is -2.30. The minimum absolute atomic E-state index is 0.508. The molecule has 0 spiro atoms. The number of nitrogens with two attached hydrogens (primary N) is 1. The average molecular weight is 731 g/mol. The summed E-state index contributed by atoms with van der Waals surface area (Å²) in [4.78, 5) is 0. The normalized spacial score (nSPS) is 12.0. The van der Waals surface area contributed by atoms with Crippen LogP contribution < -0.4 is 21.5 Å². The lowest BCUT2D eigenvalue weighted by atomic mass is 10.0. The van der Waals surface area contributed by atoms with Gasteiger partial charge in [0.15, 0.2) is 0 Å². The second-order valence-corrected chi connectivity index (χ2v) is 16.8. The summed E-state index contributed by atoms with van der Waals surface area (Å²) in [6.07, 6.45) is 42.0. The lowest BCUT2D eigenvalue weighted by molar-refractivity contribution is 0.189. The quantitative estimate of drug-likeness (QED) is 0.0366. The van der Waals surface area contributed by atoms with Crippen molar-refractivity contribution in [1.82, 2.24) is 15.7 Å². The Hall–Kier alpha value is -0.0100. The molecule has 0 radical (unpaired) electrons. The molecule has 5 N–H and O–H groups in total. The fourth-order valence-corrected chi connectivity index (χ4v) is 7.96. The van der Waals surface area contributed by atoms with Gasteiger partial charge in [-0.1, -0.05) is 194 Å². The number of nitrogens with one attached hydrogen (secondary N) is 3. The highest BCUT2D eigenvalue weighted by Gasteiger charge is 2.23. The van der Waals surface area contributed by atoms with Crippen LogP contribution in [0, 0.1) is 0 Å². The molecule has 0 aliphatic carbocycles. The van der Waals surface area contributed by atoms with Crippen molar-refractivity contribution in [3.05, 3.63) is 0 Å². The summed E-state index contributed by atoms with van der Waals surface area (Å²) in [5, 5.41) is 9.99. The van der Waals surface area contributed by atoms with Crippen LogP contribution in [0.4, 0.5) is 0 Å². The molecule has 50 heavy (non-hydrogen) atoms. The van der Waals surface area contributed by atoms with Gasteiger partial charge in [0.2, 0.25) is 0 Å². The molecule has 7 nitrogen and oxygen atoms in total. The van der Waals surface area contributed by atoms with E-state index in [2.05, 4.69) is 29.6 Å². The van der Waals surface area contributed by atoms with E-state index >= 15 is 0 Å². The molecule has 0 unspecified atom stereocenters. The molecule has 0 heterocycles. The summed E-state index contributed by atoms with van der Waals surface area (Å²) >= 11 is 0. The first-order valence-corrected chi connectivity index (χ1v) is 24.0. The van der Waals surface area contributed by atoms with Gasteiger partial charge in [-0.25, -0.2) is 9.65 Å². The van der Waals surface area contributed by atoms with Crippen LogP contribution in [0.15, 0.2) is 0 Å². The number of unbranched alkanes of at least 4 members (excludes halogenated alkanes) is 28. The summed E-state index contributed by atoms with van der Waals surface area (Å²) in [7, 11) is -3.27. The van der Waals surface area contributed by atoms with Crippen LogP contribution >= 0.6 is 7.75 Å². The van der Waals surface area contributed by atoms with Gasteiger partial charge < -0.3 is 16.4 Å². The van der Waals surface area contributed by atoms with Crippen LogP contribution in [-0.2, 0) is 13.6 Å². The molecule has 0 fully saturated rings. The van der Waals surface area contributed by atoms with E-state index in [1.165, 1.54) is 167 Å². The summed E-state index contributed by atoms with van der Waals surface area (Å²) in [5.41, 5.74) is 5.54. The monoisotopic (exact) mass is 731 g/mol. The third-order valence-electron chi connectivity index (χ3n) is 9.89. The van der Waals surface area contributed by atoms with E-state index in [9.17, 15) is 4.57 Å². The molecular formula is C42H91N4O3P. The van der Waals surface area contributed by atoms with Gasteiger partial charge in [-0.15, -0.1) is 0 Å². The van der Waals surface area contributed by atoms with Crippen LogP contribution in [-0.4, -0.2) is 52.5 Å². The smallest absolute Gasteiger partial charge is 0.330 e. The van der Waals surface area contributed by atoms with Crippen molar-refractivity contribution >= 4 is 7.75 Å². The Morgan fingerprint density at radius 1 is 0.380 bits per heavy atom. The average Bonchev–Trinajstić information content (AvgIpc) is 3.12. The third kappa shape index (κ3) is 40.8. The van der Waals surface area contributed by atoms with E-state index in [0.29, 0.717) is 19.8 Å². The zero-order chi connectivity index (χ0) is 36.3. The molecule has 8 heteroatoms. The van der Waals surface area contributed by atoms with Crippen molar-refractivity contribution in [3.8, 4) is 0 Å². The topological polar surface area (TPSA) is 97.6 Å². The Morgan fingerprint density at radius 2 is 0.680 bits per heavy atom. The molecule has 0 rings (SSSR count). The van der Waals surface area contributed by atoms with Crippen LogP contribution in [0.5, 0.6) is 0 Å². The summed E-state index contributed by atoms with van der Waals surface area (Å²) in [6, 6.07) is 0. The van der Waals surface area contributed by atoms with Gasteiger partial charge in [0.05, 0.1) is 13.2 Å². The minimum Gasteiger partial charge on any atom is -0.330 e. The highest BCUT2D eigenvalue weighted by molar-refractivity contribution is 7.51. The maximum absolute atomic E-state index is 13.5. The molecule has 0 aromatic carbocycles. The van der Waals surface area contributed by atoms with E-state index in [1.54, 1.807) is 0 Å². The fourth-order valence-electron chi connectivity index (χ4n) is 6.53. The number of rotatable bonds is 45. The van der Waals surface area contributed by atoms with Gasteiger partial charge in [0.1, 0.15) is 0 Å². The van der Waals surface area contributed by atoms with Crippen LogP contribution in [0.2, 0.25) is 0 Å². The Bertz CT molecular complexity index is 633. The molecule has 0 amide bonds. The van der Waals surface area contributed by atoms with Gasteiger partial charge in [-0.2, -0.15) is 0 Å². The molecule has 0 bridgehead atoms. The molecule has 0 aromatic rings. The largest absolute Gasteiger partial charge is 0.405 e. The van der Waals surface area contributed by atoms with Crippen molar-refractivity contribution in [1.29, 1.82) is 0 Å². The maximum Gasteiger partial charge on any atom is 0.405 e. The summed E-state index contributed by atoms with van der Waals surface area (Å²) in [5.74, 6) is 0. The number of hydrogen-bond donors (Lipinski definition) is 4. The predicted octanol–water partition coefficient (Wildman–Crippen LogP) is 12.4. The van der Waals surface area contributed by atoms with E-state index in [4.69, 9.17) is 14.8 Å². The molecule has 0 saturated heterocycles. The van der Waals surface area contributed by atoms with Crippen molar-refractivity contribution in [3.63, 3.8) is 0 Å². The van der Waals surface area contributed by atoms with Crippen LogP contribution in [0.1, 0.15) is 219 Å². The van der Waals surface area contributed by atoms with Crippen molar-refractivity contribution in [2.75, 3.05) is 52.5 Å². The number of hydrogen-bond acceptors (Lipinski definition) is 6. The lowest BCUT2D eigenvalue weighted by Gasteiger charge is -2.19. The van der Waals surface area contributed by atoms with Gasteiger partial charge in [-0.3, -0.25) is 9.05 Å². The Balaban J connectivity index is 4.01. The molecule has 0 aliphatic heterocycles. The van der Waals surface area contributed by atoms with Crippen LogP contribution in [0.25, 0.3) is 0 Å². The van der Waals surface area contributed by atoms with Crippen molar-refractivity contribution < 1.29 is 13.6 Å². The van der Waals surface area contributed by atoms with Gasteiger partial charge >= 0.3 is 7.75 Å². The van der Waals surface area contributed by atoms with Gasteiger partial charge in [0, 0.05) is 19.6 Å². The van der Waals surface area contributed by atoms with Crippen molar-refractivity contribution in [2.45, 2.75) is 219 Å². The Morgan fingerprint density at radius 3 is 1.00 bits per heavy atom. The molecule has 0 aliphatic rings. The first-order valence-electron chi connectivity index (χ1n) is 22.4. The highest BCUT2D eigenvalue weighted by Crippen LogP contribution is 2.44. The standard InChI is InChI=1S/C42H91N4O3P/c1-3-5-7-9-11-13-15-17-19-21-23-25-27-29-31-41-48-50(47,46-38-34-37-45-40-39-44-36-33-35-43)49-42-32-30-28-26-24-22-20-18-16-14-12-10-8-6-4-2/h44-45H,3-43H2,1-2H3,(H,46,47). The first kappa shape index (κ1) is 50.0. The molecular weight excluding hydrogens is 639 g/mol. The highest BCUT2D eigenvalue weighted by atomic mass is 31.2. The van der Waals surface area contributed by atoms with E-state index in [0.717, 1.165) is 71.2 Å². The van der Waals surface area contributed by atoms with Crippen LogP contribution in [0.3, 0.4) is 0 Å².